The summed E-state index contributed by atoms with van der Waals surface area (Å²) in [7, 11) is -3.94. The number of benzene rings is 3. The Morgan fingerprint density at radius 3 is 2.52 bits per heavy atom. The number of H-pyrrole nitrogens is 1. The summed E-state index contributed by atoms with van der Waals surface area (Å²) in [4.78, 5) is 14.3. The first-order valence-electron chi connectivity index (χ1n) is 9.50. The molecule has 4 aromatic rings. The number of para-hydroxylation sites is 1. The number of hydrogen-bond donors (Lipinski definition) is 3. The first-order chi connectivity index (χ1) is 14.9. The molecule has 0 unspecified atom stereocenters. The number of carbonyl (C=O) groups is 1. The Morgan fingerprint density at radius 1 is 1.00 bits per heavy atom. The molecule has 1 aromatic heterocycles. The van der Waals surface area contributed by atoms with Gasteiger partial charge in [0, 0.05) is 34.6 Å². The Labute approximate surface area is 184 Å². The second-order valence-electron chi connectivity index (χ2n) is 7.05. The zero-order chi connectivity index (χ0) is 22.0. The molecule has 0 aliphatic carbocycles. The molecule has 0 amide bonds. The number of aromatic nitrogens is 1. The van der Waals surface area contributed by atoms with Crippen LogP contribution in [0.2, 0.25) is 5.02 Å². The molecule has 6 nitrogen and oxygen atoms in total. The van der Waals surface area contributed by atoms with Crippen molar-refractivity contribution in [2.45, 2.75) is 10.8 Å². The van der Waals surface area contributed by atoms with Gasteiger partial charge in [-0.1, -0.05) is 54.1 Å². The van der Waals surface area contributed by atoms with E-state index in [0.29, 0.717) is 5.02 Å². The van der Waals surface area contributed by atoms with Gasteiger partial charge in [0.05, 0.1) is 10.5 Å². The topological polar surface area (TPSA) is 99.3 Å². The van der Waals surface area contributed by atoms with Gasteiger partial charge in [-0.2, -0.15) is 0 Å². The fraction of sp³-hybridized carbons (Fsp3) is 0.0870. The smallest absolute Gasteiger partial charge is 0.335 e. The van der Waals surface area contributed by atoms with Crippen LogP contribution in [0.5, 0.6) is 0 Å². The minimum Gasteiger partial charge on any atom is -0.478 e. The number of fused-ring (bicyclic) bond motifs is 1. The first-order valence-corrected chi connectivity index (χ1v) is 11.4. The van der Waals surface area contributed by atoms with Crippen LogP contribution >= 0.6 is 11.6 Å². The number of hydrogen-bond acceptors (Lipinski definition) is 3. The summed E-state index contributed by atoms with van der Waals surface area (Å²) in [6.45, 7) is 0.0468. The van der Waals surface area contributed by atoms with Crippen molar-refractivity contribution >= 4 is 38.5 Å². The van der Waals surface area contributed by atoms with Crippen LogP contribution in [0.3, 0.4) is 0 Å². The van der Waals surface area contributed by atoms with Crippen molar-refractivity contribution in [2.75, 3.05) is 6.54 Å². The third kappa shape index (κ3) is 4.34. The molecular formula is C23H19ClN2O4S. The molecule has 0 saturated heterocycles. The predicted molar refractivity (Wildman–Crippen MR) is 120 cm³/mol. The number of carboxylic acids is 1. The molecule has 0 spiro atoms. The van der Waals surface area contributed by atoms with Gasteiger partial charge in [0.15, 0.2) is 0 Å². The Balaban J connectivity index is 1.71. The molecule has 31 heavy (non-hydrogen) atoms. The zero-order valence-corrected chi connectivity index (χ0v) is 17.8. The molecule has 158 valence electrons. The molecule has 0 bridgehead atoms. The lowest BCUT2D eigenvalue weighted by Crippen LogP contribution is -2.29. The molecule has 8 heteroatoms. The standard InChI is InChI=1S/C23H19ClN2O4S/c24-21-10-3-1-8-17(21)20(19-13-25-22-11-4-2-9-18(19)22)14-26-31(29,30)16-7-5-6-15(12-16)23(27)28/h1-13,20,25-26H,14H2,(H,27,28)/t20-/m0/s1. The maximum atomic E-state index is 12.9. The minimum atomic E-state index is -3.94. The van der Waals surface area contributed by atoms with Gasteiger partial charge in [0.2, 0.25) is 10.0 Å². The highest BCUT2D eigenvalue weighted by atomic mass is 35.5. The Hall–Kier alpha value is -3.13. The van der Waals surface area contributed by atoms with E-state index in [1.807, 2.05) is 48.7 Å². The number of aromatic amines is 1. The average molecular weight is 455 g/mol. The van der Waals surface area contributed by atoms with Crippen LogP contribution in [-0.2, 0) is 10.0 Å². The predicted octanol–water partition coefficient (Wildman–Crippen LogP) is 4.63. The highest BCUT2D eigenvalue weighted by Crippen LogP contribution is 2.34. The lowest BCUT2D eigenvalue weighted by atomic mass is 9.91. The Bertz CT molecular complexity index is 1360. The summed E-state index contributed by atoms with van der Waals surface area (Å²) in [6, 6.07) is 20.3. The maximum Gasteiger partial charge on any atom is 0.335 e. The molecule has 0 radical (unpaired) electrons. The van der Waals surface area contributed by atoms with Crippen LogP contribution < -0.4 is 4.72 Å². The highest BCUT2D eigenvalue weighted by molar-refractivity contribution is 7.89. The summed E-state index contributed by atoms with van der Waals surface area (Å²) in [6.07, 6.45) is 1.86. The summed E-state index contributed by atoms with van der Waals surface area (Å²) in [5.41, 5.74) is 2.54. The second kappa shape index (κ2) is 8.55. The second-order valence-corrected chi connectivity index (χ2v) is 9.22. The first kappa shape index (κ1) is 21.1. The van der Waals surface area contributed by atoms with Crippen molar-refractivity contribution in [3.8, 4) is 0 Å². The van der Waals surface area contributed by atoms with Crippen molar-refractivity contribution < 1.29 is 18.3 Å². The highest BCUT2D eigenvalue weighted by Gasteiger charge is 2.24. The van der Waals surface area contributed by atoms with Crippen molar-refractivity contribution in [1.29, 1.82) is 0 Å². The van der Waals surface area contributed by atoms with Gasteiger partial charge in [-0.15, -0.1) is 0 Å². The Morgan fingerprint density at radius 2 is 1.74 bits per heavy atom. The molecule has 4 rings (SSSR count). The molecule has 1 heterocycles. The van der Waals surface area contributed by atoms with Crippen LogP contribution in [-0.4, -0.2) is 31.0 Å². The Kier molecular flexibility index (Phi) is 5.82. The fourth-order valence-electron chi connectivity index (χ4n) is 3.60. The number of carboxylic acid groups (broad SMARTS) is 1. The SMILES string of the molecule is O=C(O)c1cccc(S(=O)(=O)NC[C@@H](c2ccccc2Cl)c2c[nH]c3ccccc23)c1. The van der Waals surface area contributed by atoms with Gasteiger partial charge in [-0.05, 0) is 41.5 Å². The minimum absolute atomic E-state index is 0.0468. The van der Waals surface area contributed by atoms with E-state index in [0.717, 1.165) is 28.1 Å². The van der Waals surface area contributed by atoms with E-state index < -0.39 is 16.0 Å². The molecule has 0 fully saturated rings. The summed E-state index contributed by atoms with van der Waals surface area (Å²) in [5, 5.41) is 10.7. The van der Waals surface area contributed by atoms with E-state index in [2.05, 4.69) is 9.71 Å². The average Bonchev–Trinajstić information content (AvgIpc) is 3.19. The van der Waals surface area contributed by atoms with Gasteiger partial charge >= 0.3 is 5.97 Å². The van der Waals surface area contributed by atoms with Gasteiger partial charge in [-0.25, -0.2) is 17.9 Å². The van der Waals surface area contributed by atoms with E-state index in [4.69, 9.17) is 16.7 Å². The fourth-order valence-corrected chi connectivity index (χ4v) is 4.96. The third-order valence-corrected chi connectivity index (χ3v) is 6.91. The van der Waals surface area contributed by atoms with E-state index in [-0.39, 0.29) is 22.9 Å². The van der Waals surface area contributed by atoms with Gasteiger partial charge in [0.25, 0.3) is 0 Å². The molecular weight excluding hydrogens is 436 g/mol. The summed E-state index contributed by atoms with van der Waals surface area (Å²) in [5.74, 6) is -1.55. The lowest BCUT2D eigenvalue weighted by molar-refractivity contribution is 0.0696. The summed E-state index contributed by atoms with van der Waals surface area (Å²) < 4.78 is 28.5. The number of nitrogens with one attached hydrogen (secondary N) is 2. The largest absolute Gasteiger partial charge is 0.478 e. The van der Waals surface area contributed by atoms with Crippen molar-refractivity contribution in [2.24, 2.45) is 0 Å². The molecule has 0 aliphatic rings. The number of sulfonamides is 1. The van der Waals surface area contributed by atoms with E-state index in [9.17, 15) is 13.2 Å². The van der Waals surface area contributed by atoms with Crippen LogP contribution in [0, 0.1) is 0 Å². The monoisotopic (exact) mass is 454 g/mol. The number of aromatic carboxylic acids is 1. The lowest BCUT2D eigenvalue weighted by Gasteiger charge is -2.19. The van der Waals surface area contributed by atoms with Gasteiger partial charge < -0.3 is 10.1 Å². The van der Waals surface area contributed by atoms with E-state index in [1.165, 1.54) is 18.2 Å². The molecule has 1 atom stereocenters. The third-order valence-electron chi connectivity index (χ3n) is 5.15. The normalized spacial score (nSPS) is 12.7. The maximum absolute atomic E-state index is 12.9. The number of rotatable bonds is 7. The van der Waals surface area contributed by atoms with E-state index in [1.54, 1.807) is 6.07 Å². The van der Waals surface area contributed by atoms with E-state index >= 15 is 0 Å². The molecule has 3 aromatic carbocycles. The van der Waals surface area contributed by atoms with Crippen LogP contribution in [0.4, 0.5) is 0 Å². The number of halogens is 1. The molecule has 0 saturated carbocycles. The van der Waals surface area contributed by atoms with Crippen molar-refractivity contribution in [3.63, 3.8) is 0 Å². The van der Waals surface area contributed by atoms with Crippen molar-refractivity contribution in [3.05, 3.63) is 101 Å². The van der Waals surface area contributed by atoms with Crippen LogP contribution in [0.1, 0.15) is 27.4 Å². The molecule has 3 N–H and O–H groups in total. The zero-order valence-electron chi connectivity index (χ0n) is 16.2. The quantitative estimate of drug-likeness (QED) is 0.379. The van der Waals surface area contributed by atoms with Crippen molar-refractivity contribution in [1.82, 2.24) is 9.71 Å². The van der Waals surface area contributed by atoms with Crippen LogP contribution in [0.25, 0.3) is 10.9 Å². The van der Waals surface area contributed by atoms with Gasteiger partial charge in [-0.3, -0.25) is 0 Å². The molecule has 0 aliphatic heterocycles. The van der Waals surface area contributed by atoms with Gasteiger partial charge in [0.1, 0.15) is 0 Å². The van der Waals surface area contributed by atoms with Crippen LogP contribution in [0.15, 0.2) is 83.9 Å². The summed E-state index contributed by atoms with van der Waals surface area (Å²) >= 11 is 6.46.